The molecule has 2 N–H and O–H groups in total. The van der Waals surface area contributed by atoms with Gasteiger partial charge in [0.05, 0.1) is 13.7 Å². The summed E-state index contributed by atoms with van der Waals surface area (Å²) in [5, 5.41) is 11.4. The molecule has 0 aliphatic carbocycles. The Bertz CT molecular complexity index is 435. The standard InChI is InChI=1S/C15H21NO3/c1-11(2)14(15(18)16-8-9-17)10-12-4-6-13(19-3)7-5-12/h4-7,10-11,17H,8-9H2,1-3H3,(H,16,18)/b14-10+. The molecule has 0 spiro atoms. The van der Waals surface area contributed by atoms with E-state index in [9.17, 15) is 4.79 Å². The summed E-state index contributed by atoms with van der Waals surface area (Å²) in [5.41, 5.74) is 1.64. The molecule has 1 aromatic carbocycles. The van der Waals surface area contributed by atoms with E-state index in [1.165, 1.54) is 0 Å². The van der Waals surface area contributed by atoms with Crippen molar-refractivity contribution in [3.63, 3.8) is 0 Å². The van der Waals surface area contributed by atoms with Crippen LogP contribution in [0.15, 0.2) is 29.8 Å². The van der Waals surface area contributed by atoms with E-state index in [2.05, 4.69) is 5.32 Å². The Morgan fingerprint density at radius 1 is 1.37 bits per heavy atom. The third kappa shape index (κ3) is 4.75. The Balaban J connectivity index is 2.90. The minimum atomic E-state index is -0.139. The van der Waals surface area contributed by atoms with Crippen molar-refractivity contribution in [2.45, 2.75) is 13.8 Å². The van der Waals surface area contributed by atoms with Gasteiger partial charge in [0, 0.05) is 12.1 Å². The number of methoxy groups -OCH3 is 1. The third-order valence-electron chi connectivity index (χ3n) is 2.72. The van der Waals surface area contributed by atoms with E-state index in [-0.39, 0.29) is 25.0 Å². The maximum absolute atomic E-state index is 12.0. The lowest BCUT2D eigenvalue weighted by Gasteiger charge is -2.11. The fourth-order valence-corrected chi connectivity index (χ4v) is 1.65. The van der Waals surface area contributed by atoms with Crippen molar-refractivity contribution in [1.29, 1.82) is 0 Å². The number of carbonyl (C=O) groups excluding carboxylic acids is 1. The first-order valence-corrected chi connectivity index (χ1v) is 6.33. The average Bonchev–Trinajstić information content (AvgIpc) is 2.42. The second kappa shape index (κ2) is 7.59. The van der Waals surface area contributed by atoms with Crippen molar-refractivity contribution in [2.24, 2.45) is 5.92 Å². The summed E-state index contributed by atoms with van der Waals surface area (Å²) >= 11 is 0. The molecule has 0 saturated heterocycles. The highest BCUT2D eigenvalue weighted by Crippen LogP contribution is 2.17. The lowest BCUT2D eigenvalue weighted by atomic mass is 9.99. The van der Waals surface area contributed by atoms with Gasteiger partial charge in [0.25, 0.3) is 0 Å². The number of amides is 1. The van der Waals surface area contributed by atoms with Crippen LogP contribution in [-0.2, 0) is 4.79 Å². The molecule has 0 radical (unpaired) electrons. The molecule has 0 heterocycles. The number of aliphatic hydroxyl groups excluding tert-OH is 1. The summed E-state index contributed by atoms with van der Waals surface area (Å²) in [6.07, 6.45) is 1.86. The van der Waals surface area contributed by atoms with E-state index < -0.39 is 0 Å². The fourth-order valence-electron chi connectivity index (χ4n) is 1.65. The molecule has 104 valence electrons. The van der Waals surface area contributed by atoms with Crippen molar-refractivity contribution in [3.05, 3.63) is 35.4 Å². The Kier molecular flexibility index (Phi) is 6.09. The van der Waals surface area contributed by atoms with Gasteiger partial charge < -0.3 is 15.2 Å². The number of aliphatic hydroxyl groups is 1. The van der Waals surface area contributed by atoms with Gasteiger partial charge in [-0.1, -0.05) is 26.0 Å². The van der Waals surface area contributed by atoms with Gasteiger partial charge in [-0.2, -0.15) is 0 Å². The lowest BCUT2D eigenvalue weighted by Crippen LogP contribution is -2.29. The number of hydrogen-bond donors (Lipinski definition) is 2. The number of benzene rings is 1. The molecule has 1 amide bonds. The lowest BCUT2D eigenvalue weighted by molar-refractivity contribution is -0.118. The van der Waals surface area contributed by atoms with Crippen LogP contribution in [0.3, 0.4) is 0 Å². The number of rotatable bonds is 6. The molecule has 1 rings (SSSR count). The quantitative estimate of drug-likeness (QED) is 0.770. The van der Waals surface area contributed by atoms with Crippen LogP contribution in [0.5, 0.6) is 5.75 Å². The zero-order chi connectivity index (χ0) is 14.3. The van der Waals surface area contributed by atoms with Crippen molar-refractivity contribution >= 4 is 12.0 Å². The SMILES string of the molecule is COc1ccc(/C=C(/C(=O)NCCO)C(C)C)cc1. The summed E-state index contributed by atoms with van der Waals surface area (Å²) in [6.45, 7) is 4.15. The van der Waals surface area contributed by atoms with E-state index in [1.807, 2.05) is 44.2 Å². The maximum atomic E-state index is 12.0. The molecule has 0 aliphatic rings. The number of carbonyl (C=O) groups is 1. The van der Waals surface area contributed by atoms with Crippen LogP contribution in [0.2, 0.25) is 0 Å². The summed E-state index contributed by atoms with van der Waals surface area (Å²) in [7, 11) is 1.62. The molecule has 0 aromatic heterocycles. The Hall–Kier alpha value is -1.81. The number of hydrogen-bond acceptors (Lipinski definition) is 3. The summed E-state index contributed by atoms with van der Waals surface area (Å²) in [4.78, 5) is 12.0. The third-order valence-corrected chi connectivity index (χ3v) is 2.72. The van der Waals surface area contributed by atoms with Crippen LogP contribution in [0.25, 0.3) is 6.08 Å². The van der Waals surface area contributed by atoms with Crippen LogP contribution >= 0.6 is 0 Å². The second-order valence-corrected chi connectivity index (χ2v) is 4.51. The van der Waals surface area contributed by atoms with Gasteiger partial charge in [0.1, 0.15) is 5.75 Å². The van der Waals surface area contributed by atoms with Crippen molar-refractivity contribution < 1.29 is 14.6 Å². The highest BCUT2D eigenvalue weighted by atomic mass is 16.5. The largest absolute Gasteiger partial charge is 0.497 e. The predicted molar refractivity (Wildman–Crippen MR) is 75.9 cm³/mol. The summed E-state index contributed by atoms with van der Waals surface area (Å²) < 4.78 is 5.09. The molecule has 0 aliphatic heterocycles. The van der Waals surface area contributed by atoms with Crippen molar-refractivity contribution in [1.82, 2.24) is 5.32 Å². The van der Waals surface area contributed by atoms with Gasteiger partial charge in [0.2, 0.25) is 5.91 Å². The molecule has 0 saturated carbocycles. The monoisotopic (exact) mass is 263 g/mol. The van der Waals surface area contributed by atoms with Crippen LogP contribution in [-0.4, -0.2) is 31.3 Å². The zero-order valence-electron chi connectivity index (χ0n) is 11.6. The van der Waals surface area contributed by atoms with Gasteiger partial charge >= 0.3 is 0 Å². The Morgan fingerprint density at radius 3 is 2.47 bits per heavy atom. The maximum Gasteiger partial charge on any atom is 0.247 e. The first kappa shape index (κ1) is 15.2. The van der Waals surface area contributed by atoms with Crippen LogP contribution in [0.1, 0.15) is 19.4 Å². The van der Waals surface area contributed by atoms with E-state index in [0.29, 0.717) is 5.57 Å². The van der Waals surface area contributed by atoms with Crippen LogP contribution in [0, 0.1) is 5.92 Å². The topological polar surface area (TPSA) is 58.6 Å². The van der Waals surface area contributed by atoms with Gasteiger partial charge in [0.15, 0.2) is 0 Å². The number of nitrogens with one attached hydrogen (secondary N) is 1. The van der Waals surface area contributed by atoms with E-state index >= 15 is 0 Å². The summed E-state index contributed by atoms with van der Waals surface area (Å²) in [5.74, 6) is 0.758. The summed E-state index contributed by atoms with van der Waals surface area (Å²) in [6, 6.07) is 7.52. The van der Waals surface area contributed by atoms with Gasteiger partial charge in [-0.25, -0.2) is 0 Å². The van der Waals surface area contributed by atoms with E-state index in [1.54, 1.807) is 7.11 Å². The highest BCUT2D eigenvalue weighted by Gasteiger charge is 2.12. The van der Waals surface area contributed by atoms with Crippen molar-refractivity contribution in [3.8, 4) is 5.75 Å². The Morgan fingerprint density at radius 2 is 2.00 bits per heavy atom. The molecule has 4 nitrogen and oxygen atoms in total. The van der Waals surface area contributed by atoms with E-state index in [0.717, 1.165) is 11.3 Å². The minimum Gasteiger partial charge on any atom is -0.497 e. The van der Waals surface area contributed by atoms with Crippen LogP contribution < -0.4 is 10.1 Å². The van der Waals surface area contributed by atoms with Crippen LogP contribution in [0.4, 0.5) is 0 Å². The van der Waals surface area contributed by atoms with E-state index in [4.69, 9.17) is 9.84 Å². The smallest absolute Gasteiger partial charge is 0.247 e. The molecule has 0 fully saturated rings. The second-order valence-electron chi connectivity index (χ2n) is 4.51. The van der Waals surface area contributed by atoms with Gasteiger partial charge in [-0.3, -0.25) is 4.79 Å². The molecular formula is C15H21NO3. The highest BCUT2D eigenvalue weighted by molar-refractivity contribution is 5.98. The molecule has 0 unspecified atom stereocenters. The minimum absolute atomic E-state index is 0.0559. The molecule has 19 heavy (non-hydrogen) atoms. The van der Waals surface area contributed by atoms with Gasteiger partial charge in [-0.15, -0.1) is 0 Å². The number of ether oxygens (including phenoxy) is 1. The fraction of sp³-hybridized carbons (Fsp3) is 0.400. The normalized spacial score (nSPS) is 11.5. The first-order valence-electron chi connectivity index (χ1n) is 6.33. The first-order chi connectivity index (χ1) is 9.08. The molecular weight excluding hydrogens is 242 g/mol. The average molecular weight is 263 g/mol. The van der Waals surface area contributed by atoms with Crippen molar-refractivity contribution in [2.75, 3.05) is 20.3 Å². The van der Waals surface area contributed by atoms with Gasteiger partial charge in [-0.05, 0) is 29.7 Å². The predicted octanol–water partition coefficient (Wildman–Crippen LogP) is 1.84. The molecule has 4 heteroatoms. The zero-order valence-corrected chi connectivity index (χ0v) is 11.6. The Labute approximate surface area is 114 Å². The molecule has 0 atom stereocenters. The molecule has 0 bridgehead atoms. The molecule has 1 aromatic rings.